The number of rotatable bonds is 5. The van der Waals surface area contributed by atoms with E-state index in [1.807, 2.05) is 6.92 Å². The molecule has 1 aromatic carbocycles. The molecule has 6 heteroatoms. The Morgan fingerprint density at radius 1 is 1.36 bits per heavy atom. The zero-order chi connectivity index (χ0) is 16.2. The summed E-state index contributed by atoms with van der Waals surface area (Å²) in [6, 6.07) is 6.79. The van der Waals surface area contributed by atoms with Crippen LogP contribution in [0.25, 0.3) is 0 Å². The summed E-state index contributed by atoms with van der Waals surface area (Å²) in [5.41, 5.74) is 0.241. The molecule has 1 fully saturated rings. The molecule has 1 atom stereocenters. The van der Waals surface area contributed by atoms with E-state index in [1.165, 1.54) is 0 Å². The summed E-state index contributed by atoms with van der Waals surface area (Å²) in [6.45, 7) is 2.69. The number of aliphatic carboxylic acids is 1. The number of carbonyl (C=O) groups excluding carboxylic acids is 1. The van der Waals surface area contributed by atoms with Crippen LogP contribution in [0.2, 0.25) is 0 Å². The Morgan fingerprint density at radius 3 is 2.59 bits per heavy atom. The lowest BCUT2D eigenvalue weighted by Gasteiger charge is -2.35. The lowest BCUT2D eigenvalue weighted by molar-refractivity contribution is -0.139. The second-order valence-electron chi connectivity index (χ2n) is 5.76. The molecular formula is C16H21NO5. The Hall–Kier alpha value is -2.08. The number of carboxylic acid groups (broad SMARTS) is 1. The van der Waals surface area contributed by atoms with Gasteiger partial charge in [-0.1, -0.05) is 0 Å². The summed E-state index contributed by atoms with van der Waals surface area (Å²) in [5, 5.41) is 8.57. The molecule has 1 aromatic rings. The molecule has 2 rings (SSSR count). The van der Waals surface area contributed by atoms with Crippen LogP contribution in [0.5, 0.6) is 5.75 Å². The first kappa shape index (κ1) is 16.3. The van der Waals surface area contributed by atoms with E-state index in [0.29, 0.717) is 19.0 Å². The Morgan fingerprint density at radius 2 is 2.05 bits per heavy atom. The van der Waals surface area contributed by atoms with E-state index >= 15 is 0 Å². The molecule has 1 heterocycles. The largest absolute Gasteiger partial charge is 0.482 e. The van der Waals surface area contributed by atoms with Crippen molar-refractivity contribution in [1.82, 2.24) is 0 Å². The van der Waals surface area contributed by atoms with Gasteiger partial charge < -0.3 is 19.5 Å². The zero-order valence-electron chi connectivity index (χ0n) is 12.9. The molecule has 0 aromatic heterocycles. The number of carboxylic acids is 1. The molecular weight excluding hydrogens is 286 g/mol. The summed E-state index contributed by atoms with van der Waals surface area (Å²) >= 11 is 0. The first-order chi connectivity index (χ1) is 10.4. The molecule has 0 aliphatic carbocycles. The maximum absolute atomic E-state index is 12.7. The minimum absolute atomic E-state index is 0.0198. The highest BCUT2D eigenvalue weighted by Crippen LogP contribution is 2.32. The Labute approximate surface area is 129 Å². The molecule has 1 N–H and O–H groups in total. The summed E-state index contributed by atoms with van der Waals surface area (Å²) in [5.74, 6) is -0.549. The van der Waals surface area contributed by atoms with Gasteiger partial charge in [0.05, 0.1) is 12.0 Å². The standard InChI is InChI=1S/C16H21NO5/c1-16(8-3-9-21-11-16)15(20)17(2)12-4-6-13(7-5-12)22-10-14(18)19/h4-7H,3,8-11H2,1-2H3,(H,18,19). The average molecular weight is 307 g/mol. The van der Waals surface area contributed by atoms with Crippen molar-refractivity contribution in [3.8, 4) is 5.75 Å². The monoisotopic (exact) mass is 307 g/mol. The Kier molecular flexibility index (Phi) is 5.03. The van der Waals surface area contributed by atoms with E-state index in [4.69, 9.17) is 14.6 Å². The molecule has 0 radical (unpaired) electrons. The fraction of sp³-hybridized carbons (Fsp3) is 0.500. The van der Waals surface area contributed by atoms with Crippen molar-refractivity contribution in [2.45, 2.75) is 19.8 Å². The number of benzene rings is 1. The van der Waals surface area contributed by atoms with Gasteiger partial charge in [-0.15, -0.1) is 0 Å². The van der Waals surface area contributed by atoms with Crippen molar-refractivity contribution in [3.05, 3.63) is 24.3 Å². The van der Waals surface area contributed by atoms with E-state index in [0.717, 1.165) is 18.5 Å². The van der Waals surface area contributed by atoms with Gasteiger partial charge in [0.15, 0.2) is 6.61 Å². The molecule has 1 amide bonds. The topological polar surface area (TPSA) is 76.1 Å². The second-order valence-corrected chi connectivity index (χ2v) is 5.76. The van der Waals surface area contributed by atoms with Gasteiger partial charge in [0.2, 0.25) is 5.91 Å². The molecule has 1 aliphatic rings. The lowest BCUT2D eigenvalue weighted by atomic mass is 9.83. The van der Waals surface area contributed by atoms with Crippen LogP contribution in [0.3, 0.4) is 0 Å². The van der Waals surface area contributed by atoms with Crippen LogP contribution in [0.15, 0.2) is 24.3 Å². The van der Waals surface area contributed by atoms with E-state index in [-0.39, 0.29) is 12.5 Å². The van der Waals surface area contributed by atoms with Gasteiger partial charge >= 0.3 is 5.97 Å². The van der Waals surface area contributed by atoms with Crippen molar-refractivity contribution < 1.29 is 24.2 Å². The van der Waals surface area contributed by atoms with E-state index in [9.17, 15) is 9.59 Å². The van der Waals surface area contributed by atoms with Crippen LogP contribution in [0, 0.1) is 5.41 Å². The van der Waals surface area contributed by atoms with E-state index < -0.39 is 11.4 Å². The fourth-order valence-electron chi connectivity index (χ4n) is 2.54. The van der Waals surface area contributed by atoms with Gasteiger partial charge in [0, 0.05) is 19.3 Å². The first-order valence-electron chi connectivity index (χ1n) is 7.23. The molecule has 1 aliphatic heterocycles. The van der Waals surface area contributed by atoms with Gasteiger partial charge in [-0.25, -0.2) is 4.79 Å². The van der Waals surface area contributed by atoms with Crippen LogP contribution in [0.4, 0.5) is 5.69 Å². The van der Waals surface area contributed by atoms with Gasteiger partial charge in [0.1, 0.15) is 5.75 Å². The van der Waals surface area contributed by atoms with Crippen LogP contribution in [0.1, 0.15) is 19.8 Å². The van der Waals surface area contributed by atoms with Crippen molar-refractivity contribution >= 4 is 17.6 Å². The minimum atomic E-state index is -1.03. The third-order valence-corrected chi connectivity index (χ3v) is 3.85. The van der Waals surface area contributed by atoms with Gasteiger partial charge in [-0.05, 0) is 44.0 Å². The summed E-state index contributed by atoms with van der Waals surface area (Å²) in [6.07, 6.45) is 1.70. The van der Waals surface area contributed by atoms with Gasteiger partial charge in [-0.2, -0.15) is 0 Å². The molecule has 120 valence electrons. The predicted octanol–water partition coefficient (Wildman–Crippen LogP) is 1.93. The van der Waals surface area contributed by atoms with Crippen molar-refractivity contribution in [1.29, 1.82) is 0 Å². The minimum Gasteiger partial charge on any atom is -0.482 e. The molecule has 1 saturated heterocycles. The quantitative estimate of drug-likeness (QED) is 0.899. The van der Waals surface area contributed by atoms with Gasteiger partial charge in [0.25, 0.3) is 0 Å². The van der Waals surface area contributed by atoms with Crippen molar-refractivity contribution in [3.63, 3.8) is 0 Å². The maximum atomic E-state index is 12.7. The number of amides is 1. The number of ether oxygens (including phenoxy) is 2. The number of carbonyl (C=O) groups is 2. The highest BCUT2D eigenvalue weighted by atomic mass is 16.5. The van der Waals surface area contributed by atoms with Crippen LogP contribution < -0.4 is 9.64 Å². The number of anilines is 1. The lowest BCUT2D eigenvalue weighted by Crippen LogP contribution is -2.45. The average Bonchev–Trinajstić information content (AvgIpc) is 2.52. The van der Waals surface area contributed by atoms with Gasteiger partial charge in [-0.3, -0.25) is 4.79 Å². The van der Waals surface area contributed by atoms with E-state index in [2.05, 4.69) is 0 Å². The third kappa shape index (κ3) is 3.76. The highest BCUT2D eigenvalue weighted by Gasteiger charge is 2.37. The number of hydrogen-bond acceptors (Lipinski definition) is 4. The van der Waals surface area contributed by atoms with Crippen molar-refractivity contribution in [2.75, 3.05) is 31.8 Å². The smallest absolute Gasteiger partial charge is 0.341 e. The fourth-order valence-corrected chi connectivity index (χ4v) is 2.54. The molecule has 6 nitrogen and oxygen atoms in total. The third-order valence-electron chi connectivity index (χ3n) is 3.85. The molecule has 1 unspecified atom stereocenters. The summed E-state index contributed by atoms with van der Waals surface area (Å²) in [4.78, 5) is 24.7. The molecule has 0 spiro atoms. The van der Waals surface area contributed by atoms with Crippen molar-refractivity contribution in [2.24, 2.45) is 5.41 Å². The highest BCUT2D eigenvalue weighted by molar-refractivity contribution is 5.97. The Bertz CT molecular complexity index is 534. The Balaban J connectivity index is 2.03. The number of nitrogens with zero attached hydrogens (tertiary/aromatic N) is 1. The second kappa shape index (κ2) is 6.79. The van der Waals surface area contributed by atoms with Crippen LogP contribution in [-0.4, -0.2) is 43.9 Å². The normalized spacial score (nSPS) is 21.2. The number of hydrogen-bond donors (Lipinski definition) is 1. The molecule has 0 saturated carbocycles. The molecule has 22 heavy (non-hydrogen) atoms. The zero-order valence-corrected chi connectivity index (χ0v) is 12.9. The SMILES string of the molecule is CN(C(=O)C1(C)CCCOC1)c1ccc(OCC(=O)O)cc1. The van der Waals surface area contributed by atoms with Crippen LogP contribution in [-0.2, 0) is 14.3 Å². The maximum Gasteiger partial charge on any atom is 0.341 e. The van der Waals surface area contributed by atoms with Crippen LogP contribution >= 0.6 is 0 Å². The predicted molar refractivity (Wildman–Crippen MR) is 81.1 cm³/mol. The summed E-state index contributed by atoms with van der Waals surface area (Å²) in [7, 11) is 1.73. The summed E-state index contributed by atoms with van der Waals surface area (Å²) < 4.78 is 10.5. The van der Waals surface area contributed by atoms with E-state index in [1.54, 1.807) is 36.2 Å². The first-order valence-corrected chi connectivity index (χ1v) is 7.23. The molecule has 0 bridgehead atoms.